The van der Waals surface area contributed by atoms with E-state index in [2.05, 4.69) is 55.0 Å². The monoisotopic (exact) mass is 270 g/mol. The van der Waals surface area contributed by atoms with E-state index in [9.17, 15) is 0 Å². The van der Waals surface area contributed by atoms with Crippen molar-refractivity contribution in [1.29, 1.82) is 0 Å². The van der Waals surface area contributed by atoms with Crippen LogP contribution in [0.15, 0.2) is 24.3 Å². The number of hydrogen-bond acceptors (Lipinski definition) is 2. The smallest absolute Gasteiger partial charge is 0.0403 e. The molecule has 2 atom stereocenters. The van der Waals surface area contributed by atoms with Gasteiger partial charge in [-0.1, -0.05) is 32.0 Å². The summed E-state index contributed by atoms with van der Waals surface area (Å²) in [5, 5.41) is 0. The van der Waals surface area contributed by atoms with Crippen LogP contribution in [0, 0.1) is 5.41 Å². The summed E-state index contributed by atoms with van der Waals surface area (Å²) in [5.74, 6) is 0. The molecule has 3 aliphatic heterocycles. The van der Waals surface area contributed by atoms with E-state index in [1.807, 2.05) is 0 Å². The first-order chi connectivity index (χ1) is 9.55. The van der Waals surface area contributed by atoms with Crippen LogP contribution >= 0.6 is 0 Å². The number of fused-ring (bicyclic) bond motifs is 4. The molecule has 3 heterocycles. The largest absolute Gasteiger partial charge is 0.373 e. The molecule has 3 aliphatic rings. The van der Waals surface area contributed by atoms with Gasteiger partial charge in [-0.25, -0.2) is 0 Å². The van der Waals surface area contributed by atoms with E-state index in [0.29, 0.717) is 10.8 Å². The molecule has 1 aromatic carbocycles. The van der Waals surface area contributed by atoms with E-state index < -0.39 is 0 Å². The van der Waals surface area contributed by atoms with Crippen molar-refractivity contribution in [3.63, 3.8) is 0 Å². The van der Waals surface area contributed by atoms with Crippen LogP contribution in [0.3, 0.4) is 0 Å². The van der Waals surface area contributed by atoms with Gasteiger partial charge >= 0.3 is 0 Å². The number of likely N-dealkylation sites (N-methyl/N-ethyl adjacent to an activating group) is 1. The van der Waals surface area contributed by atoms with Crippen molar-refractivity contribution in [3.05, 3.63) is 29.8 Å². The summed E-state index contributed by atoms with van der Waals surface area (Å²) in [6, 6.07) is 9.84. The highest BCUT2D eigenvalue weighted by Crippen LogP contribution is 2.56. The summed E-state index contributed by atoms with van der Waals surface area (Å²) < 4.78 is 0. The molecule has 0 saturated carbocycles. The Morgan fingerprint density at radius 3 is 2.75 bits per heavy atom. The number of benzene rings is 1. The molecule has 108 valence electrons. The fourth-order valence-corrected chi connectivity index (χ4v) is 5.58. The number of nitrogens with zero attached hydrogens (tertiary/aromatic N) is 2. The molecular weight excluding hydrogens is 244 g/mol. The molecule has 0 radical (unpaired) electrons. The molecule has 2 nitrogen and oxygen atoms in total. The lowest BCUT2D eigenvalue weighted by Crippen LogP contribution is -2.55. The minimum absolute atomic E-state index is 0.370. The van der Waals surface area contributed by atoms with Crippen LogP contribution in [-0.2, 0) is 5.41 Å². The second-order valence-corrected chi connectivity index (χ2v) is 7.81. The van der Waals surface area contributed by atoms with Gasteiger partial charge < -0.3 is 4.90 Å². The van der Waals surface area contributed by atoms with Gasteiger partial charge in [0.1, 0.15) is 0 Å². The topological polar surface area (TPSA) is 6.48 Å². The molecule has 2 fully saturated rings. The molecule has 0 unspecified atom stereocenters. The quantitative estimate of drug-likeness (QED) is 0.714. The normalized spacial score (nSPS) is 35.4. The van der Waals surface area contributed by atoms with Crippen LogP contribution in [0.2, 0.25) is 0 Å². The van der Waals surface area contributed by atoms with Crippen LogP contribution in [0.25, 0.3) is 0 Å². The van der Waals surface area contributed by atoms with Gasteiger partial charge in [0.05, 0.1) is 0 Å². The maximum Gasteiger partial charge on any atom is 0.0403 e. The first-order valence-corrected chi connectivity index (χ1v) is 8.09. The van der Waals surface area contributed by atoms with Gasteiger partial charge in [-0.05, 0) is 49.4 Å². The van der Waals surface area contributed by atoms with Crippen LogP contribution < -0.4 is 4.90 Å². The van der Waals surface area contributed by atoms with Gasteiger partial charge in [-0.15, -0.1) is 0 Å². The predicted molar refractivity (Wildman–Crippen MR) is 84.4 cm³/mol. The minimum atomic E-state index is 0.370. The van der Waals surface area contributed by atoms with Gasteiger partial charge in [-0.3, -0.25) is 4.90 Å². The van der Waals surface area contributed by atoms with Crippen molar-refractivity contribution in [2.24, 2.45) is 5.41 Å². The van der Waals surface area contributed by atoms with Gasteiger partial charge in [0.25, 0.3) is 0 Å². The lowest BCUT2D eigenvalue weighted by Gasteiger charge is -2.49. The second-order valence-electron chi connectivity index (χ2n) is 7.81. The molecule has 1 spiro atoms. The first-order valence-electron chi connectivity index (χ1n) is 8.09. The van der Waals surface area contributed by atoms with Crippen molar-refractivity contribution in [2.75, 3.05) is 31.6 Å². The van der Waals surface area contributed by atoms with E-state index >= 15 is 0 Å². The Labute approximate surface area is 122 Å². The average Bonchev–Trinajstić information content (AvgIpc) is 2.92. The van der Waals surface area contributed by atoms with Crippen molar-refractivity contribution in [3.8, 4) is 0 Å². The van der Waals surface area contributed by atoms with E-state index in [4.69, 9.17) is 0 Å². The van der Waals surface area contributed by atoms with Crippen LogP contribution in [-0.4, -0.2) is 37.6 Å². The van der Waals surface area contributed by atoms with Gasteiger partial charge in [0.15, 0.2) is 0 Å². The molecule has 0 bridgehead atoms. The van der Waals surface area contributed by atoms with Gasteiger partial charge in [0, 0.05) is 30.7 Å². The zero-order chi connectivity index (χ0) is 14.0. The van der Waals surface area contributed by atoms with Crippen LogP contribution in [0.1, 0.15) is 38.7 Å². The summed E-state index contributed by atoms with van der Waals surface area (Å²) >= 11 is 0. The Bertz CT molecular complexity index is 536. The molecule has 2 heteroatoms. The summed E-state index contributed by atoms with van der Waals surface area (Å²) in [6.07, 6.45) is 4.08. The highest BCUT2D eigenvalue weighted by molar-refractivity contribution is 5.63. The van der Waals surface area contributed by atoms with Gasteiger partial charge in [-0.2, -0.15) is 0 Å². The van der Waals surface area contributed by atoms with Crippen LogP contribution in [0.4, 0.5) is 5.69 Å². The van der Waals surface area contributed by atoms with Crippen molar-refractivity contribution in [2.45, 2.75) is 44.6 Å². The standard InChI is InChI=1S/C18H26N2/c1-17(2)9-6-11-20-12-10-18(16(17)20)13-19(3)15-8-5-4-7-14(15)18/h4-5,7-8,16H,6,9-13H2,1-3H3/t16-,18-/m1/s1. The molecule has 0 aromatic heterocycles. The molecule has 0 N–H and O–H groups in total. The molecule has 0 aliphatic carbocycles. The highest BCUT2D eigenvalue weighted by Gasteiger charge is 2.58. The Morgan fingerprint density at radius 2 is 1.90 bits per heavy atom. The lowest BCUT2D eigenvalue weighted by atomic mass is 9.63. The lowest BCUT2D eigenvalue weighted by molar-refractivity contribution is 0.0388. The zero-order valence-electron chi connectivity index (χ0n) is 13.0. The maximum atomic E-state index is 2.79. The third-order valence-corrected chi connectivity index (χ3v) is 6.11. The van der Waals surface area contributed by atoms with Crippen molar-refractivity contribution >= 4 is 5.69 Å². The van der Waals surface area contributed by atoms with E-state index in [1.165, 1.54) is 44.6 Å². The SMILES string of the molecule is CN1C[C@]2(CCN3CCCC(C)(C)[C@@H]32)c2ccccc21. The number of piperidine rings is 1. The van der Waals surface area contributed by atoms with Crippen LogP contribution in [0.5, 0.6) is 0 Å². The third kappa shape index (κ3) is 1.49. The highest BCUT2D eigenvalue weighted by atomic mass is 15.3. The molecule has 2 saturated heterocycles. The Kier molecular flexibility index (Phi) is 2.54. The summed E-state index contributed by atoms with van der Waals surface area (Å²) in [4.78, 5) is 5.28. The molecule has 1 aromatic rings. The Morgan fingerprint density at radius 1 is 1.10 bits per heavy atom. The zero-order valence-corrected chi connectivity index (χ0v) is 13.0. The predicted octanol–water partition coefficient (Wildman–Crippen LogP) is 3.27. The maximum absolute atomic E-state index is 2.79. The Balaban J connectivity index is 1.86. The second kappa shape index (κ2) is 4.00. The number of hydrogen-bond donors (Lipinski definition) is 0. The minimum Gasteiger partial charge on any atom is -0.373 e. The summed E-state index contributed by atoms with van der Waals surface area (Å²) in [7, 11) is 2.27. The number of anilines is 1. The number of rotatable bonds is 0. The fourth-order valence-electron chi connectivity index (χ4n) is 5.58. The first kappa shape index (κ1) is 12.7. The van der Waals surface area contributed by atoms with E-state index in [-0.39, 0.29) is 0 Å². The third-order valence-electron chi connectivity index (χ3n) is 6.11. The number of para-hydroxylation sites is 1. The van der Waals surface area contributed by atoms with E-state index in [1.54, 1.807) is 5.56 Å². The van der Waals surface area contributed by atoms with Crippen molar-refractivity contribution in [1.82, 2.24) is 4.90 Å². The average molecular weight is 270 g/mol. The fraction of sp³-hybridized carbons (Fsp3) is 0.667. The molecule has 4 rings (SSSR count). The van der Waals surface area contributed by atoms with E-state index in [0.717, 1.165) is 6.04 Å². The molecule has 0 amide bonds. The molecule has 20 heavy (non-hydrogen) atoms. The van der Waals surface area contributed by atoms with Gasteiger partial charge in [0.2, 0.25) is 0 Å². The molecular formula is C18H26N2. The Hall–Kier alpha value is -1.02. The summed E-state index contributed by atoms with van der Waals surface area (Å²) in [5.41, 5.74) is 3.89. The summed E-state index contributed by atoms with van der Waals surface area (Å²) in [6.45, 7) is 8.80. The van der Waals surface area contributed by atoms with Crippen molar-refractivity contribution < 1.29 is 0 Å².